The molecule has 1 aromatic heterocycles. The topological polar surface area (TPSA) is 85.4 Å². The van der Waals surface area contributed by atoms with Crippen molar-refractivity contribution in [1.29, 1.82) is 10.5 Å². The van der Waals surface area contributed by atoms with Crippen LogP contribution in [0.2, 0.25) is 5.15 Å². The summed E-state index contributed by atoms with van der Waals surface area (Å²) >= 11 is 7.58. The van der Waals surface area contributed by atoms with E-state index in [0.29, 0.717) is 27.3 Å². The highest BCUT2D eigenvalue weighted by Crippen LogP contribution is 2.31. The first-order valence-corrected chi connectivity index (χ1v) is 9.77. The van der Waals surface area contributed by atoms with Gasteiger partial charge in [0.15, 0.2) is 0 Å². The van der Waals surface area contributed by atoms with E-state index in [4.69, 9.17) is 22.1 Å². The lowest BCUT2D eigenvalue weighted by Gasteiger charge is -2.09. The Balaban J connectivity index is 0.00000136. The van der Waals surface area contributed by atoms with E-state index in [1.165, 1.54) is 11.8 Å². The number of hydrogen-bond donors (Lipinski definition) is 1. The second-order valence-electron chi connectivity index (χ2n) is 5.36. The van der Waals surface area contributed by atoms with Crippen LogP contribution in [0.25, 0.3) is 0 Å². The molecule has 2 aromatic carbocycles. The summed E-state index contributed by atoms with van der Waals surface area (Å²) < 4.78 is 0. The Kier molecular flexibility index (Phi) is 7.83. The summed E-state index contributed by atoms with van der Waals surface area (Å²) in [5.41, 5.74) is 2.95. The summed E-state index contributed by atoms with van der Waals surface area (Å²) in [6.07, 6.45) is 0. The zero-order valence-corrected chi connectivity index (χ0v) is 17.3. The fourth-order valence-electron chi connectivity index (χ4n) is 2.21. The molecule has 0 aliphatic carbocycles. The van der Waals surface area contributed by atoms with Crippen molar-refractivity contribution in [2.45, 2.75) is 30.7 Å². The molecule has 0 saturated heterocycles. The molecule has 1 N–H and O–H groups in total. The van der Waals surface area contributed by atoms with Gasteiger partial charge >= 0.3 is 0 Å². The van der Waals surface area contributed by atoms with E-state index >= 15 is 0 Å². The van der Waals surface area contributed by atoms with Crippen LogP contribution in [0.15, 0.2) is 58.5 Å². The van der Waals surface area contributed by atoms with E-state index in [1.54, 1.807) is 36.4 Å². The second kappa shape index (κ2) is 10.3. The van der Waals surface area contributed by atoms with Gasteiger partial charge in [0, 0.05) is 16.6 Å². The van der Waals surface area contributed by atoms with Gasteiger partial charge in [0.25, 0.3) is 0 Å². The fourth-order valence-corrected chi connectivity index (χ4v) is 3.34. The third-order valence-electron chi connectivity index (χ3n) is 3.46. The van der Waals surface area contributed by atoms with E-state index in [2.05, 4.69) is 27.4 Å². The SMILES string of the molecule is CC.Cc1cc(C#N)ccc1Sc1cc(Cl)nc(Nc2ccc(C#N)cc2)n1. The molecular formula is C21H18ClN5S. The predicted octanol–water partition coefficient (Wildman–Crippen LogP) is 6.10. The maximum atomic E-state index is 8.97. The molecule has 0 radical (unpaired) electrons. The first-order valence-electron chi connectivity index (χ1n) is 8.58. The van der Waals surface area contributed by atoms with Crippen LogP contribution < -0.4 is 5.32 Å². The number of nitriles is 2. The second-order valence-corrected chi connectivity index (χ2v) is 6.81. The van der Waals surface area contributed by atoms with Gasteiger partial charge in [-0.2, -0.15) is 10.5 Å². The maximum Gasteiger partial charge on any atom is 0.229 e. The minimum absolute atomic E-state index is 0.324. The number of nitrogens with one attached hydrogen (secondary N) is 1. The van der Waals surface area contributed by atoms with Gasteiger partial charge in [0.05, 0.1) is 23.3 Å². The number of nitrogens with zero attached hydrogens (tertiary/aromatic N) is 4. The molecule has 0 fully saturated rings. The van der Waals surface area contributed by atoms with E-state index in [1.807, 2.05) is 32.9 Å². The predicted molar refractivity (Wildman–Crippen MR) is 113 cm³/mol. The van der Waals surface area contributed by atoms with Crippen LogP contribution >= 0.6 is 23.4 Å². The van der Waals surface area contributed by atoms with Crippen molar-refractivity contribution >= 4 is 35.0 Å². The highest BCUT2D eigenvalue weighted by Gasteiger charge is 2.08. The molecule has 0 bridgehead atoms. The van der Waals surface area contributed by atoms with Gasteiger partial charge < -0.3 is 5.32 Å². The molecule has 5 nitrogen and oxygen atoms in total. The molecular weight excluding hydrogens is 390 g/mol. The number of halogens is 1. The molecule has 3 rings (SSSR count). The summed E-state index contributed by atoms with van der Waals surface area (Å²) in [5, 5.41) is 21.9. The Morgan fingerprint density at radius 3 is 2.18 bits per heavy atom. The van der Waals surface area contributed by atoms with Gasteiger partial charge in [-0.1, -0.05) is 37.2 Å². The van der Waals surface area contributed by atoms with Gasteiger partial charge in [-0.05, 0) is 55.0 Å². The van der Waals surface area contributed by atoms with Crippen molar-refractivity contribution < 1.29 is 0 Å². The molecule has 0 atom stereocenters. The number of rotatable bonds is 4. The molecule has 1 heterocycles. The van der Waals surface area contributed by atoms with Gasteiger partial charge in [0.1, 0.15) is 10.2 Å². The zero-order valence-electron chi connectivity index (χ0n) is 15.7. The molecule has 0 unspecified atom stereocenters. The monoisotopic (exact) mass is 407 g/mol. The maximum absolute atomic E-state index is 8.97. The quantitative estimate of drug-likeness (QED) is 0.525. The molecule has 0 spiro atoms. The Bertz CT molecular complexity index is 1040. The van der Waals surface area contributed by atoms with Crippen LogP contribution in [0.4, 0.5) is 11.6 Å². The van der Waals surface area contributed by atoms with Crippen molar-refractivity contribution in [3.05, 3.63) is 70.4 Å². The standard InChI is InChI=1S/C19H12ClN5S.C2H6/c1-12-8-14(11-22)4-7-16(12)26-18-9-17(20)24-19(25-18)23-15-5-2-13(10-21)3-6-15;1-2/h2-9H,1H3,(H,23,24,25);1-2H3. The molecule has 7 heteroatoms. The summed E-state index contributed by atoms with van der Waals surface area (Å²) in [6.45, 7) is 5.95. The smallest absolute Gasteiger partial charge is 0.229 e. The normalized spacial score (nSPS) is 9.50. The number of hydrogen-bond acceptors (Lipinski definition) is 6. The lowest BCUT2D eigenvalue weighted by Crippen LogP contribution is -1.98. The van der Waals surface area contributed by atoms with Crippen LogP contribution in [0, 0.1) is 29.6 Å². The Morgan fingerprint density at radius 1 is 0.929 bits per heavy atom. The Labute approximate surface area is 174 Å². The van der Waals surface area contributed by atoms with Gasteiger partial charge in [-0.25, -0.2) is 9.97 Å². The van der Waals surface area contributed by atoms with Crippen LogP contribution in [0.1, 0.15) is 30.5 Å². The molecule has 0 aliphatic rings. The highest BCUT2D eigenvalue weighted by atomic mass is 35.5. The van der Waals surface area contributed by atoms with Gasteiger partial charge in [-0.3, -0.25) is 0 Å². The first kappa shape index (κ1) is 21.2. The molecule has 3 aromatic rings. The van der Waals surface area contributed by atoms with E-state index in [9.17, 15) is 0 Å². The lowest BCUT2D eigenvalue weighted by molar-refractivity contribution is 1.05. The van der Waals surface area contributed by atoms with Gasteiger partial charge in [-0.15, -0.1) is 0 Å². The highest BCUT2D eigenvalue weighted by molar-refractivity contribution is 7.99. The summed E-state index contributed by atoms with van der Waals surface area (Å²) in [7, 11) is 0. The fraction of sp³-hybridized carbons (Fsp3) is 0.143. The van der Waals surface area contributed by atoms with Crippen LogP contribution in [-0.4, -0.2) is 9.97 Å². The largest absolute Gasteiger partial charge is 0.324 e. The van der Waals surface area contributed by atoms with E-state index in [-0.39, 0.29) is 0 Å². The molecule has 140 valence electrons. The Morgan fingerprint density at radius 2 is 1.57 bits per heavy atom. The Hall–Kier alpha value is -3.06. The first-order chi connectivity index (χ1) is 13.6. The molecule has 0 aliphatic heterocycles. The lowest BCUT2D eigenvalue weighted by atomic mass is 10.2. The number of aromatic nitrogens is 2. The van der Waals surface area contributed by atoms with Crippen LogP contribution in [0.3, 0.4) is 0 Å². The minimum atomic E-state index is 0.324. The van der Waals surface area contributed by atoms with Crippen LogP contribution in [0.5, 0.6) is 0 Å². The number of aryl methyl sites for hydroxylation is 1. The van der Waals surface area contributed by atoms with Crippen molar-refractivity contribution in [3.8, 4) is 12.1 Å². The summed E-state index contributed by atoms with van der Waals surface area (Å²) in [6, 6.07) is 18.4. The van der Waals surface area contributed by atoms with Crippen LogP contribution in [-0.2, 0) is 0 Å². The molecule has 28 heavy (non-hydrogen) atoms. The third kappa shape index (κ3) is 5.72. The average molecular weight is 408 g/mol. The number of benzene rings is 2. The van der Waals surface area contributed by atoms with Crippen molar-refractivity contribution in [2.75, 3.05) is 5.32 Å². The molecule has 0 amide bonds. The van der Waals surface area contributed by atoms with Crippen molar-refractivity contribution in [1.82, 2.24) is 9.97 Å². The molecule has 0 saturated carbocycles. The number of anilines is 2. The third-order valence-corrected chi connectivity index (χ3v) is 4.75. The van der Waals surface area contributed by atoms with E-state index < -0.39 is 0 Å². The average Bonchev–Trinajstić information content (AvgIpc) is 2.71. The summed E-state index contributed by atoms with van der Waals surface area (Å²) in [4.78, 5) is 9.65. The van der Waals surface area contributed by atoms with Crippen molar-refractivity contribution in [2.24, 2.45) is 0 Å². The zero-order chi connectivity index (χ0) is 20.5. The minimum Gasteiger partial charge on any atom is -0.324 e. The van der Waals surface area contributed by atoms with Gasteiger partial charge in [0.2, 0.25) is 5.95 Å². The summed E-state index contributed by atoms with van der Waals surface area (Å²) in [5.74, 6) is 0.371. The van der Waals surface area contributed by atoms with Crippen molar-refractivity contribution in [3.63, 3.8) is 0 Å². The van der Waals surface area contributed by atoms with E-state index in [0.717, 1.165) is 16.1 Å².